The average Bonchev–Trinajstić information content (AvgIpc) is 2.60. The highest BCUT2D eigenvalue weighted by molar-refractivity contribution is 7.94. The summed E-state index contributed by atoms with van der Waals surface area (Å²) in [6, 6.07) is 4.01. The molecule has 0 aromatic heterocycles. The first-order valence-electron chi connectivity index (χ1n) is 5.29. The number of alkyl halides is 3. The maximum Gasteiger partial charge on any atom is 0.416 e. The van der Waals surface area contributed by atoms with Crippen LogP contribution in [0, 0.1) is 0 Å². The zero-order valence-corrected chi connectivity index (χ0v) is 10.7. The second-order valence-electron chi connectivity index (χ2n) is 3.92. The second kappa shape index (κ2) is 4.82. The van der Waals surface area contributed by atoms with Crippen molar-refractivity contribution in [2.24, 2.45) is 10.1 Å². The van der Waals surface area contributed by atoms with Gasteiger partial charge < -0.3 is 10.5 Å². The standard InChI is InChI=1S/C11H9F3N2O3S/c12-11(13,14)7-1-3-9(4-2-7)19-6-8-5-10(15)20(17,18)16-8/h1-5H,6,15H2. The van der Waals surface area contributed by atoms with Gasteiger partial charge in [0.15, 0.2) is 5.03 Å². The van der Waals surface area contributed by atoms with Crippen LogP contribution in [0.5, 0.6) is 5.75 Å². The van der Waals surface area contributed by atoms with E-state index in [4.69, 9.17) is 10.5 Å². The number of rotatable bonds is 3. The number of nitrogens with two attached hydrogens (primary N) is 1. The van der Waals surface area contributed by atoms with Crippen LogP contribution in [-0.4, -0.2) is 20.7 Å². The Morgan fingerprint density at radius 1 is 1.20 bits per heavy atom. The molecule has 1 aromatic rings. The van der Waals surface area contributed by atoms with Crippen molar-refractivity contribution in [3.05, 3.63) is 40.9 Å². The van der Waals surface area contributed by atoms with E-state index in [0.717, 1.165) is 30.3 Å². The number of nitrogens with zero attached hydrogens (tertiary/aromatic N) is 1. The Kier molecular flexibility index (Phi) is 3.46. The molecule has 20 heavy (non-hydrogen) atoms. The highest BCUT2D eigenvalue weighted by atomic mass is 32.2. The monoisotopic (exact) mass is 306 g/mol. The van der Waals surface area contributed by atoms with E-state index < -0.39 is 21.8 Å². The number of ether oxygens (including phenoxy) is 1. The Hall–Kier alpha value is -2.03. The molecule has 0 atom stereocenters. The fourth-order valence-corrected chi connectivity index (χ4v) is 2.24. The van der Waals surface area contributed by atoms with Gasteiger partial charge in [0, 0.05) is 6.08 Å². The Balaban J connectivity index is 2.03. The number of halogens is 3. The second-order valence-corrected chi connectivity index (χ2v) is 5.52. The van der Waals surface area contributed by atoms with Gasteiger partial charge in [0.2, 0.25) is 0 Å². The van der Waals surface area contributed by atoms with Crippen LogP contribution in [0.3, 0.4) is 0 Å². The predicted octanol–water partition coefficient (Wildman–Crippen LogP) is 1.67. The highest BCUT2D eigenvalue weighted by Gasteiger charge is 2.30. The van der Waals surface area contributed by atoms with E-state index in [-0.39, 0.29) is 23.1 Å². The zero-order chi connectivity index (χ0) is 15.0. The van der Waals surface area contributed by atoms with Gasteiger partial charge in [0.1, 0.15) is 12.4 Å². The lowest BCUT2D eigenvalue weighted by atomic mass is 10.2. The van der Waals surface area contributed by atoms with Crippen molar-refractivity contribution in [3.8, 4) is 5.75 Å². The quantitative estimate of drug-likeness (QED) is 0.921. The van der Waals surface area contributed by atoms with Crippen molar-refractivity contribution in [1.29, 1.82) is 0 Å². The Morgan fingerprint density at radius 3 is 2.25 bits per heavy atom. The summed E-state index contributed by atoms with van der Waals surface area (Å²) in [5, 5.41) is -0.386. The predicted molar refractivity (Wildman–Crippen MR) is 65.6 cm³/mol. The van der Waals surface area contributed by atoms with Gasteiger partial charge in [-0.05, 0) is 24.3 Å². The molecule has 2 rings (SSSR count). The first kappa shape index (κ1) is 14.4. The molecule has 2 N–H and O–H groups in total. The van der Waals surface area contributed by atoms with E-state index in [1.807, 2.05) is 0 Å². The molecule has 0 bridgehead atoms. The molecule has 0 saturated heterocycles. The normalized spacial score (nSPS) is 17.6. The number of hydrogen-bond acceptors (Lipinski definition) is 4. The summed E-state index contributed by atoms with van der Waals surface area (Å²) in [5.74, 6) is 0.164. The van der Waals surface area contributed by atoms with Gasteiger partial charge in [-0.3, -0.25) is 0 Å². The molecule has 5 nitrogen and oxygen atoms in total. The van der Waals surface area contributed by atoms with E-state index in [1.54, 1.807) is 0 Å². The Bertz CT molecular complexity index is 676. The SMILES string of the molecule is NC1=CC(COc2ccc(C(F)(F)F)cc2)=NS1(=O)=O. The Labute approximate surface area is 112 Å². The van der Waals surface area contributed by atoms with Gasteiger partial charge >= 0.3 is 6.18 Å². The summed E-state index contributed by atoms with van der Waals surface area (Å²) in [5.41, 5.74) is 4.51. The summed E-state index contributed by atoms with van der Waals surface area (Å²) in [7, 11) is -3.81. The molecule has 0 aliphatic carbocycles. The maximum absolute atomic E-state index is 12.3. The zero-order valence-electron chi connectivity index (χ0n) is 9.89. The minimum Gasteiger partial charge on any atom is -0.487 e. The number of sulfonamides is 1. The van der Waals surface area contributed by atoms with Crippen LogP contribution < -0.4 is 10.5 Å². The van der Waals surface area contributed by atoms with Gasteiger partial charge in [0.25, 0.3) is 10.0 Å². The molecule has 0 fully saturated rings. The molecule has 108 valence electrons. The molecule has 0 radical (unpaired) electrons. The number of hydrogen-bond donors (Lipinski definition) is 1. The molecule has 1 aliphatic rings. The van der Waals surface area contributed by atoms with E-state index >= 15 is 0 Å². The minimum absolute atomic E-state index is 0.0856. The fraction of sp³-hybridized carbons (Fsp3) is 0.182. The third-order valence-corrected chi connectivity index (χ3v) is 3.60. The molecule has 0 unspecified atom stereocenters. The molecular weight excluding hydrogens is 297 g/mol. The van der Waals surface area contributed by atoms with Crippen LogP contribution in [0.4, 0.5) is 13.2 Å². The van der Waals surface area contributed by atoms with Crippen LogP contribution >= 0.6 is 0 Å². The molecular formula is C11H9F3N2O3S. The van der Waals surface area contributed by atoms with E-state index in [0.29, 0.717) is 0 Å². The van der Waals surface area contributed by atoms with Gasteiger partial charge in [-0.25, -0.2) is 0 Å². The third kappa shape index (κ3) is 3.10. The van der Waals surface area contributed by atoms with Crippen LogP contribution in [0.25, 0.3) is 0 Å². The van der Waals surface area contributed by atoms with Crippen molar-refractivity contribution in [2.45, 2.75) is 6.18 Å². The molecule has 9 heteroatoms. The molecule has 1 heterocycles. The highest BCUT2D eigenvalue weighted by Crippen LogP contribution is 2.30. The van der Waals surface area contributed by atoms with Crippen LogP contribution in [-0.2, 0) is 16.2 Å². The van der Waals surface area contributed by atoms with Crippen LogP contribution in [0.2, 0.25) is 0 Å². The first-order chi connectivity index (χ1) is 9.18. The summed E-state index contributed by atoms with van der Waals surface area (Å²) >= 11 is 0. The van der Waals surface area contributed by atoms with Crippen molar-refractivity contribution in [3.63, 3.8) is 0 Å². The van der Waals surface area contributed by atoms with Crippen LogP contribution in [0.1, 0.15) is 5.56 Å². The van der Waals surface area contributed by atoms with Gasteiger partial charge in [-0.2, -0.15) is 26.0 Å². The fourth-order valence-electron chi connectivity index (χ4n) is 1.44. The lowest BCUT2D eigenvalue weighted by Crippen LogP contribution is -2.08. The summed E-state index contributed by atoms with van der Waals surface area (Å²) < 4.78 is 67.8. The van der Waals surface area contributed by atoms with Crippen molar-refractivity contribution < 1.29 is 26.3 Å². The topological polar surface area (TPSA) is 81.8 Å². The largest absolute Gasteiger partial charge is 0.487 e. The van der Waals surface area contributed by atoms with E-state index in [1.165, 1.54) is 0 Å². The van der Waals surface area contributed by atoms with Crippen molar-refractivity contribution in [1.82, 2.24) is 0 Å². The van der Waals surface area contributed by atoms with Gasteiger partial charge in [-0.15, -0.1) is 0 Å². The maximum atomic E-state index is 12.3. The summed E-state index contributed by atoms with van der Waals surface area (Å²) in [6.45, 7) is -0.203. The van der Waals surface area contributed by atoms with Crippen LogP contribution in [0.15, 0.2) is 39.8 Å². The molecule has 0 amide bonds. The first-order valence-corrected chi connectivity index (χ1v) is 6.73. The molecule has 1 aromatic carbocycles. The number of benzene rings is 1. The van der Waals surface area contributed by atoms with Crippen molar-refractivity contribution >= 4 is 15.7 Å². The van der Waals surface area contributed by atoms with Gasteiger partial charge in [0.05, 0.1) is 11.3 Å². The van der Waals surface area contributed by atoms with Gasteiger partial charge in [-0.1, -0.05) is 0 Å². The summed E-state index contributed by atoms with van der Waals surface area (Å²) in [4.78, 5) is 0. The lowest BCUT2D eigenvalue weighted by Gasteiger charge is -2.08. The lowest BCUT2D eigenvalue weighted by molar-refractivity contribution is -0.137. The third-order valence-electron chi connectivity index (χ3n) is 2.41. The average molecular weight is 306 g/mol. The molecule has 1 aliphatic heterocycles. The van der Waals surface area contributed by atoms with E-state index in [9.17, 15) is 21.6 Å². The van der Waals surface area contributed by atoms with E-state index in [2.05, 4.69) is 4.40 Å². The minimum atomic E-state index is -4.42. The Morgan fingerprint density at radius 2 is 1.80 bits per heavy atom. The molecule has 0 spiro atoms. The van der Waals surface area contributed by atoms with Crippen molar-refractivity contribution in [2.75, 3.05) is 6.61 Å². The molecule has 0 saturated carbocycles. The smallest absolute Gasteiger partial charge is 0.416 e. The summed E-state index contributed by atoms with van der Waals surface area (Å²) in [6.07, 6.45) is -3.28.